The zero-order valence-electron chi connectivity index (χ0n) is 10.6. The van der Waals surface area contributed by atoms with Gasteiger partial charge in [-0.1, -0.05) is 0 Å². The molecule has 2 rings (SSSR count). The van der Waals surface area contributed by atoms with Crippen LogP contribution < -0.4 is 10.1 Å². The van der Waals surface area contributed by atoms with E-state index >= 15 is 0 Å². The zero-order chi connectivity index (χ0) is 13.8. The van der Waals surface area contributed by atoms with Gasteiger partial charge in [-0.25, -0.2) is 0 Å². The average molecular weight is 262 g/mol. The Bertz CT molecular complexity index is 566. The van der Waals surface area contributed by atoms with Gasteiger partial charge in [0.2, 0.25) is 0 Å². The van der Waals surface area contributed by atoms with Gasteiger partial charge in [-0.05, 0) is 19.1 Å². The highest BCUT2D eigenvalue weighted by Crippen LogP contribution is 2.28. The smallest absolute Gasteiger partial charge is 0.275 e. The number of hydrogen-bond donors (Lipinski definition) is 1. The fourth-order valence-electron chi connectivity index (χ4n) is 1.75. The van der Waals surface area contributed by atoms with Crippen molar-refractivity contribution in [3.05, 3.63) is 52.5 Å². The summed E-state index contributed by atoms with van der Waals surface area (Å²) in [6.45, 7) is 1.91. The summed E-state index contributed by atoms with van der Waals surface area (Å²) in [5, 5.41) is 14.0. The number of hydrogen-bond acceptors (Lipinski definition) is 5. The van der Waals surface area contributed by atoms with E-state index in [2.05, 4.69) is 5.32 Å². The fourth-order valence-corrected chi connectivity index (χ4v) is 1.75. The lowest BCUT2D eigenvalue weighted by molar-refractivity contribution is -0.384. The van der Waals surface area contributed by atoms with E-state index in [9.17, 15) is 10.1 Å². The molecule has 0 radical (unpaired) electrons. The number of nitrogens with one attached hydrogen (secondary N) is 1. The minimum Gasteiger partial charge on any atom is -0.496 e. The van der Waals surface area contributed by atoms with Crippen LogP contribution in [0.1, 0.15) is 18.7 Å². The van der Waals surface area contributed by atoms with Crippen LogP contribution in [0.15, 0.2) is 41.0 Å². The van der Waals surface area contributed by atoms with Crippen LogP contribution >= 0.6 is 0 Å². The second-order valence-electron chi connectivity index (χ2n) is 4.06. The SMILES string of the molecule is COc1cc(NC(C)c2ccco2)cc([N+](=O)[O-])c1. The fraction of sp³-hybridized carbons (Fsp3) is 0.231. The molecule has 1 heterocycles. The first-order valence-corrected chi connectivity index (χ1v) is 5.73. The summed E-state index contributed by atoms with van der Waals surface area (Å²) in [4.78, 5) is 10.4. The molecule has 0 aliphatic carbocycles. The highest BCUT2D eigenvalue weighted by atomic mass is 16.6. The molecule has 0 amide bonds. The Hall–Kier alpha value is -2.50. The second-order valence-corrected chi connectivity index (χ2v) is 4.06. The van der Waals surface area contributed by atoms with Crippen LogP contribution in [-0.4, -0.2) is 12.0 Å². The Kier molecular flexibility index (Phi) is 3.70. The number of nitrogens with zero attached hydrogens (tertiary/aromatic N) is 1. The summed E-state index contributed by atoms with van der Waals surface area (Å²) >= 11 is 0. The molecule has 1 N–H and O–H groups in total. The number of methoxy groups -OCH3 is 1. The summed E-state index contributed by atoms with van der Waals surface area (Å²) in [5.41, 5.74) is 0.587. The number of nitro benzene ring substituents is 1. The van der Waals surface area contributed by atoms with Gasteiger partial charge in [-0.15, -0.1) is 0 Å². The van der Waals surface area contributed by atoms with Crippen molar-refractivity contribution in [3.8, 4) is 5.75 Å². The van der Waals surface area contributed by atoms with E-state index in [4.69, 9.17) is 9.15 Å². The lowest BCUT2D eigenvalue weighted by Crippen LogP contribution is -2.06. The molecule has 0 fully saturated rings. The number of nitro groups is 1. The molecule has 0 aliphatic rings. The third kappa shape index (κ3) is 3.04. The molecule has 1 aromatic heterocycles. The number of non-ortho nitro benzene ring substituents is 1. The Morgan fingerprint density at radius 1 is 1.42 bits per heavy atom. The van der Waals surface area contributed by atoms with Gasteiger partial charge in [-0.3, -0.25) is 10.1 Å². The van der Waals surface area contributed by atoms with Gasteiger partial charge in [-0.2, -0.15) is 0 Å². The van der Waals surface area contributed by atoms with E-state index in [1.807, 2.05) is 13.0 Å². The Balaban J connectivity index is 2.24. The van der Waals surface area contributed by atoms with Crippen LogP contribution in [0.25, 0.3) is 0 Å². The Morgan fingerprint density at radius 3 is 2.79 bits per heavy atom. The summed E-state index contributed by atoms with van der Waals surface area (Å²) in [5.74, 6) is 1.19. The number of benzene rings is 1. The second kappa shape index (κ2) is 5.43. The monoisotopic (exact) mass is 262 g/mol. The van der Waals surface area contributed by atoms with Crippen molar-refractivity contribution in [3.63, 3.8) is 0 Å². The molecule has 1 aromatic carbocycles. The first-order valence-electron chi connectivity index (χ1n) is 5.73. The molecule has 6 heteroatoms. The molecule has 100 valence electrons. The van der Waals surface area contributed by atoms with Crippen molar-refractivity contribution >= 4 is 11.4 Å². The van der Waals surface area contributed by atoms with Crippen LogP contribution in [0.4, 0.5) is 11.4 Å². The quantitative estimate of drug-likeness (QED) is 0.660. The molecule has 6 nitrogen and oxygen atoms in total. The minimum atomic E-state index is -0.453. The largest absolute Gasteiger partial charge is 0.496 e. The van der Waals surface area contributed by atoms with Crippen molar-refractivity contribution in [1.82, 2.24) is 0 Å². The summed E-state index contributed by atoms with van der Waals surface area (Å²) in [6.07, 6.45) is 1.58. The van der Waals surface area contributed by atoms with Crippen LogP contribution in [0.3, 0.4) is 0 Å². The van der Waals surface area contributed by atoms with E-state index in [0.717, 1.165) is 5.76 Å². The predicted octanol–water partition coefficient (Wildman–Crippen LogP) is 3.37. The maximum atomic E-state index is 10.8. The average Bonchev–Trinajstić information content (AvgIpc) is 2.92. The van der Waals surface area contributed by atoms with Crippen molar-refractivity contribution in [2.75, 3.05) is 12.4 Å². The molecule has 0 bridgehead atoms. The molecular formula is C13H14N2O4. The van der Waals surface area contributed by atoms with Crippen molar-refractivity contribution < 1.29 is 14.1 Å². The maximum Gasteiger partial charge on any atom is 0.275 e. The molecular weight excluding hydrogens is 248 g/mol. The standard InChI is InChI=1S/C13H14N2O4/c1-9(13-4-3-5-19-13)14-10-6-11(15(16)17)8-12(7-10)18-2/h3-9,14H,1-2H3. The van der Waals surface area contributed by atoms with Crippen LogP contribution in [0.5, 0.6) is 5.75 Å². The van der Waals surface area contributed by atoms with Gasteiger partial charge in [0, 0.05) is 17.8 Å². The lowest BCUT2D eigenvalue weighted by atomic mass is 10.2. The highest BCUT2D eigenvalue weighted by Gasteiger charge is 2.13. The topological polar surface area (TPSA) is 77.5 Å². The third-order valence-corrected chi connectivity index (χ3v) is 2.69. The van der Waals surface area contributed by atoms with Crippen LogP contribution in [-0.2, 0) is 0 Å². The first-order chi connectivity index (χ1) is 9.10. The summed E-state index contributed by atoms with van der Waals surface area (Å²) in [6, 6.07) is 8.08. The van der Waals surface area contributed by atoms with Crippen molar-refractivity contribution in [2.24, 2.45) is 0 Å². The number of furan rings is 1. The van der Waals surface area contributed by atoms with Gasteiger partial charge < -0.3 is 14.5 Å². The van der Waals surface area contributed by atoms with E-state index in [0.29, 0.717) is 11.4 Å². The summed E-state index contributed by atoms with van der Waals surface area (Å²) in [7, 11) is 1.47. The molecule has 19 heavy (non-hydrogen) atoms. The molecule has 0 saturated heterocycles. The van der Waals surface area contributed by atoms with E-state index < -0.39 is 4.92 Å². The van der Waals surface area contributed by atoms with Gasteiger partial charge >= 0.3 is 0 Å². The number of anilines is 1. The lowest BCUT2D eigenvalue weighted by Gasteiger charge is -2.13. The molecule has 2 aromatic rings. The third-order valence-electron chi connectivity index (χ3n) is 2.69. The van der Waals surface area contributed by atoms with Gasteiger partial charge in [0.15, 0.2) is 0 Å². The van der Waals surface area contributed by atoms with E-state index in [1.54, 1.807) is 18.4 Å². The zero-order valence-corrected chi connectivity index (χ0v) is 10.6. The molecule has 0 spiro atoms. The maximum absolute atomic E-state index is 10.8. The van der Waals surface area contributed by atoms with Crippen LogP contribution in [0.2, 0.25) is 0 Å². The van der Waals surface area contributed by atoms with Gasteiger partial charge in [0.25, 0.3) is 5.69 Å². The molecule has 1 atom stereocenters. The Labute approximate surface area is 110 Å². The van der Waals surface area contributed by atoms with E-state index in [1.165, 1.54) is 19.2 Å². The van der Waals surface area contributed by atoms with Crippen molar-refractivity contribution in [1.29, 1.82) is 0 Å². The number of rotatable bonds is 5. The van der Waals surface area contributed by atoms with E-state index in [-0.39, 0.29) is 11.7 Å². The molecule has 0 aliphatic heterocycles. The Morgan fingerprint density at radius 2 is 2.21 bits per heavy atom. The minimum absolute atomic E-state index is 0.0199. The highest BCUT2D eigenvalue weighted by molar-refractivity contribution is 5.57. The van der Waals surface area contributed by atoms with Gasteiger partial charge in [0.05, 0.1) is 30.4 Å². The molecule has 1 unspecified atom stereocenters. The van der Waals surface area contributed by atoms with Gasteiger partial charge in [0.1, 0.15) is 11.5 Å². The summed E-state index contributed by atoms with van der Waals surface area (Å²) < 4.78 is 10.3. The number of ether oxygens (including phenoxy) is 1. The predicted molar refractivity (Wildman–Crippen MR) is 70.4 cm³/mol. The normalized spacial score (nSPS) is 11.9. The van der Waals surface area contributed by atoms with Crippen LogP contribution in [0, 0.1) is 10.1 Å². The van der Waals surface area contributed by atoms with Crippen molar-refractivity contribution in [2.45, 2.75) is 13.0 Å². The first kappa shape index (κ1) is 12.9. The molecule has 0 saturated carbocycles.